The molecule has 0 amide bonds. The van der Waals surface area contributed by atoms with Crippen LogP contribution >= 0.6 is 0 Å². The third-order valence-electron chi connectivity index (χ3n) is 7.70. The summed E-state index contributed by atoms with van der Waals surface area (Å²) in [5, 5.41) is 9.31. The zero-order chi connectivity index (χ0) is 24.9. The van der Waals surface area contributed by atoms with Crippen molar-refractivity contribution in [2.45, 2.75) is 82.8 Å². The standard InChI is InChI=1S/C28H34F4O3/c1-2-34-24-14-9-20(25(29)28(24)32)16-35-21-10-7-19(8-11-21)23-13-12-22(26(30)27(23)31)18-5-3-17(15-33)4-6-18/h9,12-14,17-19,21,33H,2-8,10-11,15-16H2,1H3. The fourth-order valence-corrected chi connectivity index (χ4v) is 5.56. The quantitative estimate of drug-likeness (QED) is 0.396. The van der Waals surface area contributed by atoms with Crippen LogP contribution in [0.2, 0.25) is 0 Å². The van der Waals surface area contributed by atoms with Crippen LogP contribution in [0.3, 0.4) is 0 Å². The van der Waals surface area contributed by atoms with E-state index in [1.165, 1.54) is 12.1 Å². The Morgan fingerprint density at radius 2 is 1.31 bits per heavy atom. The summed E-state index contributed by atoms with van der Waals surface area (Å²) in [5.74, 6) is -3.41. The van der Waals surface area contributed by atoms with E-state index in [4.69, 9.17) is 9.47 Å². The lowest BCUT2D eigenvalue weighted by atomic mass is 9.77. The number of aliphatic hydroxyl groups is 1. The lowest BCUT2D eigenvalue weighted by Gasteiger charge is -2.30. The molecular formula is C28H34F4O3. The molecule has 2 aliphatic rings. The molecule has 2 fully saturated rings. The van der Waals surface area contributed by atoms with E-state index >= 15 is 4.39 Å². The molecule has 1 N–H and O–H groups in total. The molecule has 2 aromatic rings. The predicted molar refractivity (Wildman–Crippen MR) is 125 cm³/mol. The summed E-state index contributed by atoms with van der Waals surface area (Å²) in [7, 11) is 0. The minimum Gasteiger partial charge on any atom is -0.491 e. The third-order valence-corrected chi connectivity index (χ3v) is 7.70. The van der Waals surface area contributed by atoms with Crippen LogP contribution in [-0.4, -0.2) is 24.4 Å². The van der Waals surface area contributed by atoms with Crippen LogP contribution in [0, 0.1) is 29.2 Å². The maximum atomic E-state index is 15.0. The minimum absolute atomic E-state index is 0.00156. The average Bonchev–Trinajstić information content (AvgIpc) is 2.88. The fourth-order valence-electron chi connectivity index (χ4n) is 5.56. The van der Waals surface area contributed by atoms with E-state index in [0.717, 1.165) is 25.7 Å². The Morgan fingerprint density at radius 3 is 1.86 bits per heavy atom. The van der Waals surface area contributed by atoms with E-state index in [9.17, 15) is 18.3 Å². The van der Waals surface area contributed by atoms with Gasteiger partial charge in [0.05, 0.1) is 19.3 Å². The topological polar surface area (TPSA) is 38.7 Å². The van der Waals surface area contributed by atoms with Gasteiger partial charge in [0.15, 0.2) is 23.2 Å². The van der Waals surface area contributed by atoms with Crippen LogP contribution in [0.15, 0.2) is 24.3 Å². The van der Waals surface area contributed by atoms with Gasteiger partial charge in [-0.25, -0.2) is 13.2 Å². The van der Waals surface area contributed by atoms with Crippen molar-refractivity contribution in [3.05, 3.63) is 64.2 Å². The van der Waals surface area contributed by atoms with Crippen LogP contribution in [0.4, 0.5) is 17.6 Å². The Hall–Kier alpha value is -2.12. The van der Waals surface area contributed by atoms with Crippen molar-refractivity contribution in [1.29, 1.82) is 0 Å². The van der Waals surface area contributed by atoms with Crippen molar-refractivity contribution in [2.24, 2.45) is 5.92 Å². The highest BCUT2D eigenvalue weighted by Crippen LogP contribution is 2.41. The molecule has 7 heteroatoms. The maximum absolute atomic E-state index is 15.0. The Kier molecular flexibility index (Phi) is 8.71. The van der Waals surface area contributed by atoms with Crippen LogP contribution in [0.1, 0.15) is 86.8 Å². The average molecular weight is 495 g/mol. The van der Waals surface area contributed by atoms with Gasteiger partial charge >= 0.3 is 0 Å². The van der Waals surface area contributed by atoms with Crippen LogP contribution in [0.25, 0.3) is 0 Å². The van der Waals surface area contributed by atoms with Crippen molar-refractivity contribution < 1.29 is 32.1 Å². The van der Waals surface area contributed by atoms with Crippen molar-refractivity contribution in [2.75, 3.05) is 13.2 Å². The van der Waals surface area contributed by atoms with E-state index < -0.39 is 23.3 Å². The zero-order valence-electron chi connectivity index (χ0n) is 20.2. The maximum Gasteiger partial charge on any atom is 0.200 e. The number of benzene rings is 2. The predicted octanol–water partition coefficient (Wildman–Crippen LogP) is 7.15. The van der Waals surface area contributed by atoms with Crippen LogP contribution in [-0.2, 0) is 11.3 Å². The second kappa shape index (κ2) is 11.7. The summed E-state index contributed by atoms with van der Waals surface area (Å²) in [6.07, 6.45) is 5.62. The SMILES string of the molecule is CCOc1ccc(COC2CCC(c3ccc(C4CCC(CO)CC4)c(F)c3F)CC2)c(F)c1F. The summed E-state index contributed by atoms with van der Waals surface area (Å²) in [5.41, 5.74) is 0.988. The molecule has 0 bridgehead atoms. The van der Waals surface area contributed by atoms with Gasteiger partial charge in [-0.2, -0.15) is 4.39 Å². The summed E-state index contributed by atoms with van der Waals surface area (Å²) >= 11 is 0. The molecule has 0 heterocycles. The van der Waals surface area contributed by atoms with Gasteiger partial charge in [0.1, 0.15) is 0 Å². The second-order valence-electron chi connectivity index (χ2n) is 9.84. The summed E-state index contributed by atoms with van der Waals surface area (Å²) in [4.78, 5) is 0. The van der Waals surface area contributed by atoms with E-state index in [0.29, 0.717) is 36.8 Å². The molecule has 2 aliphatic carbocycles. The largest absolute Gasteiger partial charge is 0.491 e. The fraction of sp³-hybridized carbons (Fsp3) is 0.571. The smallest absolute Gasteiger partial charge is 0.200 e. The Labute approximate surface area is 204 Å². The summed E-state index contributed by atoms with van der Waals surface area (Å²) < 4.78 is 69.3. The van der Waals surface area contributed by atoms with E-state index in [1.807, 2.05) is 0 Å². The number of aliphatic hydroxyl groups excluding tert-OH is 1. The van der Waals surface area contributed by atoms with Gasteiger partial charge < -0.3 is 14.6 Å². The zero-order valence-corrected chi connectivity index (χ0v) is 20.2. The lowest BCUT2D eigenvalue weighted by Crippen LogP contribution is -2.22. The summed E-state index contributed by atoms with van der Waals surface area (Å²) in [6.45, 7) is 2.04. The van der Waals surface area contributed by atoms with Gasteiger partial charge in [0.2, 0.25) is 5.82 Å². The molecule has 35 heavy (non-hydrogen) atoms. The van der Waals surface area contributed by atoms with E-state index in [1.54, 1.807) is 19.1 Å². The number of hydrogen-bond acceptors (Lipinski definition) is 3. The molecule has 0 saturated heterocycles. The van der Waals surface area contributed by atoms with Gasteiger partial charge in [-0.05, 0) is 99.3 Å². The number of halogens is 4. The third kappa shape index (κ3) is 5.83. The van der Waals surface area contributed by atoms with Gasteiger partial charge in [0, 0.05) is 12.2 Å². The highest BCUT2D eigenvalue weighted by Gasteiger charge is 2.30. The second-order valence-corrected chi connectivity index (χ2v) is 9.84. The first-order chi connectivity index (χ1) is 16.9. The monoisotopic (exact) mass is 494 g/mol. The van der Waals surface area contributed by atoms with Crippen molar-refractivity contribution in [1.82, 2.24) is 0 Å². The molecule has 0 aliphatic heterocycles. The number of ether oxygens (including phenoxy) is 2. The summed E-state index contributed by atoms with van der Waals surface area (Å²) in [6, 6.07) is 6.33. The normalized spacial score (nSPS) is 25.0. The Morgan fingerprint density at radius 1 is 0.743 bits per heavy atom. The number of hydrogen-bond donors (Lipinski definition) is 1. The van der Waals surface area contributed by atoms with Gasteiger partial charge in [-0.3, -0.25) is 0 Å². The van der Waals surface area contributed by atoms with Crippen molar-refractivity contribution in [3.8, 4) is 5.75 Å². The first kappa shape index (κ1) is 26.0. The van der Waals surface area contributed by atoms with Crippen LogP contribution in [0.5, 0.6) is 5.75 Å². The molecule has 0 unspecified atom stereocenters. The van der Waals surface area contributed by atoms with E-state index in [2.05, 4.69) is 0 Å². The molecular weight excluding hydrogens is 460 g/mol. The lowest BCUT2D eigenvalue weighted by molar-refractivity contribution is 0.0116. The molecule has 192 valence electrons. The van der Waals surface area contributed by atoms with Crippen LogP contribution < -0.4 is 4.74 Å². The van der Waals surface area contributed by atoms with Gasteiger partial charge in [0.25, 0.3) is 0 Å². The highest BCUT2D eigenvalue weighted by molar-refractivity contribution is 5.32. The Bertz CT molecular complexity index is 996. The molecule has 4 rings (SSSR count). The molecule has 0 atom stereocenters. The highest BCUT2D eigenvalue weighted by atomic mass is 19.2. The molecule has 0 spiro atoms. The Balaban J connectivity index is 1.32. The van der Waals surface area contributed by atoms with Gasteiger partial charge in [-0.1, -0.05) is 12.1 Å². The van der Waals surface area contributed by atoms with Crippen molar-refractivity contribution in [3.63, 3.8) is 0 Å². The molecule has 3 nitrogen and oxygen atoms in total. The molecule has 0 radical (unpaired) electrons. The van der Waals surface area contributed by atoms with E-state index in [-0.39, 0.29) is 55.0 Å². The molecule has 2 saturated carbocycles. The molecule has 2 aromatic carbocycles. The van der Waals surface area contributed by atoms with Gasteiger partial charge in [-0.15, -0.1) is 0 Å². The minimum atomic E-state index is -1.01. The first-order valence-electron chi connectivity index (χ1n) is 12.7. The molecule has 0 aromatic heterocycles. The number of rotatable bonds is 8. The first-order valence-corrected chi connectivity index (χ1v) is 12.7. The van der Waals surface area contributed by atoms with Crippen molar-refractivity contribution >= 4 is 0 Å².